The molecule has 2 saturated heterocycles. The van der Waals surface area contributed by atoms with E-state index in [0.717, 1.165) is 69.9 Å². The van der Waals surface area contributed by atoms with Crippen LogP contribution in [0.3, 0.4) is 0 Å². The Labute approximate surface area is 170 Å². The molecule has 29 heavy (non-hydrogen) atoms. The van der Waals surface area contributed by atoms with Crippen LogP contribution < -0.4 is 4.90 Å². The van der Waals surface area contributed by atoms with Crippen molar-refractivity contribution in [3.05, 3.63) is 41.5 Å². The largest absolute Gasteiger partial charge is 0.416 e. The first-order valence-electron chi connectivity index (χ1n) is 10.6. The number of piperidine rings is 1. The number of carbonyl (C=O) groups excluding carboxylic acids is 1. The van der Waals surface area contributed by atoms with E-state index in [1.807, 2.05) is 9.80 Å². The van der Waals surface area contributed by atoms with Crippen molar-refractivity contribution in [2.75, 3.05) is 44.2 Å². The molecular formula is C22H28F3N3O. The Balaban J connectivity index is 1.34. The summed E-state index contributed by atoms with van der Waals surface area (Å²) in [6, 6.07) is 5.94. The van der Waals surface area contributed by atoms with Gasteiger partial charge in [0.25, 0.3) is 0 Å². The van der Waals surface area contributed by atoms with Gasteiger partial charge in [0.2, 0.25) is 5.91 Å². The molecule has 0 spiro atoms. The molecule has 0 saturated carbocycles. The minimum absolute atomic E-state index is 0.204. The second-order valence-electron chi connectivity index (χ2n) is 8.24. The molecule has 1 atom stereocenters. The summed E-state index contributed by atoms with van der Waals surface area (Å²) in [5.74, 6) is 0.204. The minimum atomic E-state index is -4.31. The summed E-state index contributed by atoms with van der Waals surface area (Å²) in [6.45, 7) is 4.63. The number of anilines is 1. The van der Waals surface area contributed by atoms with Gasteiger partial charge in [-0.25, -0.2) is 0 Å². The van der Waals surface area contributed by atoms with Gasteiger partial charge in [-0.2, -0.15) is 13.2 Å². The van der Waals surface area contributed by atoms with Gasteiger partial charge >= 0.3 is 6.18 Å². The van der Waals surface area contributed by atoms with Crippen LogP contribution in [-0.4, -0.2) is 61.0 Å². The van der Waals surface area contributed by atoms with Gasteiger partial charge in [-0.1, -0.05) is 12.1 Å². The maximum absolute atomic E-state index is 13.0. The topological polar surface area (TPSA) is 26.8 Å². The molecule has 1 aliphatic carbocycles. The molecule has 2 aliphatic heterocycles. The number of piperazine rings is 1. The summed E-state index contributed by atoms with van der Waals surface area (Å²) in [5, 5.41) is 0. The number of hydrogen-bond donors (Lipinski definition) is 0. The smallest absolute Gasteiger partial charge is 0.369 e. The van der Waals surface area contributed by atoms with Crippen LogP contribution in [0.1, 0.15) is 37.7 Å². The average Bonchev–Trinajstić information content (AvgIpc) is 3.28. The van der Waals surface area contributed by atoms with Crippen molar-refractivity contribution in [2.24, 2.45) is 0 Å². The van der Waals surface area contributed by atoms with Crippen molar-refractivity contribution in [3.63, 3.8) is 0 Å². The SMILES string of the molecule is O=C(C1=CCCC1)N1CCC[C@@H](N2CCN(c3cccc(C(F)(F)F)c3)CC2)C1. The van der Waals surface area contributed by atoms with E-state index in [1.54, 1.807) is 6.07 Å². The highest BCUT2D eigenvalue weighted by Gasteiger charge is 2.33. The molecule has 4 rings (SSSR count). The average molecular weight is 407 g/mol. The molecule has 0 unspecified atom stereocenters. The molecule has 0 bridgehead atoms. The summed E-state index contributed by atoms with van der Waals surface area (Å²) in [4.78, 5) is 19.2. The Hall–Kier alpha value is -2.02. The molecule has 4 nitrogen and oxygen atoms in total. The normalized spacial score (nSPS) is 24.0. The number of halogens is 3. The van der Waals surface area contributed by atoms with Gasteiger partial charge in [-0.3, -0.25) is 9.69 Å². The van der Waals surface area contributed by atoms with Crippen LogP contribution in [0.15, 0.2) is 35.9 Å². The first-order valence-corrected chi connectivity index (χ1v) is 10.6. The van der Waals surface area contributed by atoms with E-state index >= 15 is 0 Å². The Morgan fingerprint density at radius 2 is 1.83 bits per heavy atom. The summed E-state index contributed by atoms with van der Waals surface area (Å²) in [6.07, 6.45) is 2.84. The zero-order valence-corrected chi connectivity index (χ0v) is 16.6. The summed E-state index contributed by atoms with van der Waals surface area (Å²) < 4.78 is 39.0. The van der Waals surface area contributed by atoms with Gasteiger partial charge in [-0.15, -0.1) is 0 Å². The zero-order chi connectivity index (χ0) is 20.4. The van der Waals surface area contributed by atoms with E-state index in [2.05, 4.69) is 11.0 Å². The van der Waals surface area contributed by atoms with E-state index in [9.17, 15) is 18.0 Å². The number of benzene rings is 1. The van der Waals surface area contributed by atoms with Crippen molar-refractivity contribution >= 4 is 11.6 Å². The van der Waals surface area contributed by atoms with Gasteiger partial charge in [0.05, 0.1) is 5.56 Å². The first kappa shape index (κ1) is 20.3. The number of nitrogens with zero attached hydrogens (tertiary/aromatic N) is 3. The van der Waals surface area contributed by atoms with E-state index < -0.39 is 11.7 Å². The highest BCUT2D eigenvalue weighted by atomic mass is 19.4. The van der Waals surface area contributed by atoms with Gasteiger partial charge in [0.1, 0.15) is 0 Å². The third-order valence-corrected chi connectivity index (χ3v) is 6.37. The van der Waals surface area contributed by atoms with Gasteiger partial charge in [0, 0.05) is 56.6 Å². The van der Waals surface area contributed by atoms with Crippen molar-refractivity contribution in [1.29, 1.82) is 0 Å². The Morgan fingerprint density at radius 3 is 2.52 bits per heavy atom. The highest BCUT2D eigenvalue weighted by Crippen LogP contribution is 2.32. The van der Waals surface area contributed by atoms with Crippen LogP contribution in [0.2, 0.25) is 0 Å². The second-order valence-corrected chi connectivity index (χ2v) is 8.24. The van der Waals surface area contributed by atoms with E-state index in [1.165, 1.54) is 12.1 Å². The van der Waals surface area contributed by atoms with Gasteiger partial charge < -0.3 is 9.80 Å². The van der Waals surface area contributed by atoms with Crippen LogP contribution in [0.4, 0.5) is 18.9 Å². The third kappa shape index (κ3) is 4.60. The Morgan fingerprint density at radius 1 is 1.03 bits per heavy atom. The number of rotatable bonds is 3. The van der Waals surface area contributed by atoms with E-state index in [4.69, 9.17) is 0 Å². The zero-order valence-electron chi connectivity index (χ0n) is 16.6. The van der Waals surface area contributed by atoms with Crippen molar-refractivity contribution in [2.45, 2.75) is 44.3 Å². The van der Waals surface area contributed by atoms with Crippen LogP contribution in [0.5, 0.6) is 0 Å². The standard InChI is InChI=1S/C22H28F3N3O/c23-22(24,25)18-7-3-8-19(15-18)26-11-13-27(14-12-26)20-9-4-10-28(16-20)21(29)17-5-1-2-6-17/h3,5,7-8,15,20H,1-2,4,6,9-14,16H2/t20-/m1/s1. The maximum Gasteiger partial charge on any atom is 0.416 e. The molecule has 0 aromatic heterocycles. The maximum atomic E-state index is 13.0. The van der Waals surface area contributed by atoms with Gasteiger partial charge in [0.15, 0.2) is 0 Å². The molecule has 1 amide bonds. The van der Waals surface area contributed by atoms with Crippen LogP contribution in [0, 0.1) is 0 Å². The molecule has 1 aromatic carbocycles. The molecule has 2 fully saturated rings. The summed E-state index contributed by atoms with van der Waals surface area (Å²) >= 11 is 0. The number of allylic oxidation sites excluding steroid dienone is 1. The minimum Gasteiger partial charge on any atom is -0.369 e. The fourth-order valence-corrected chi connectivity index (χ4v) is 4.73. The summed E-state index contributed by atoms with van der Waals surface area (Å²) in [7, 11) is 0. The lowest BCUT2D eigenvalue weighted by Crippen LogP contribution is -2.56. The predicted octanol–water partition coefficient (Wildman–Crippen LogP) is 3.93. The fourth-order valence-electron chi connectivity index (χ4n) is 4.73. The lowest BCUT2D eigenvalue weighted by Gasteiger charge is -2.44. The third-order valence-electron chi connectivity index (χ3n) is 6.37. The van der Waals surface area contributed by atoms with Crippen LogP contribution in [0.25, 0.3) is 0 Å². The number of hydrogen-bond acceptors (Lipinski definition) is 3. The molecule has 0 N–H and O–H groups in total. The molecular weight excluding hydrogens is 379 g/mol. The molecule has 3 aliphatic rings. The molecule has 0 radical (unpaired) electrons. The molecule has 158 valence electrons. The monoisotopic (exact) mass is 407 g/mol. The molecule has 2 heterocycles. The van der Waals surface area contributed by atoms with Crippen molar-refractivity contribution in [3.8, 4) is 0 Å². The molecule has 1 aromatic rings. The Bertz CT molecular complexity index is 769. The van der Waals surface area contributed by atoms with Crippen LogP contribution >= 0.6 is 0 Å². The van der Waals surface area contributed by atoms with Crippen molar-refractivity contribution < 1.29 is 18.0 Å². The number of amides is 1. The van der Waals surface area contributed by atoms with E-state index in [-0.39, 0.29) is 5.91 Å². The lowest BCUT2D eigenvalue weighted by atomic mass is 10.0. The highest BCUT2D eigenvalue weighted by molar-refractivity contribution is 5.93. The Kier molecular flexibility index (Phi) is 5.86. The van der Waals surface area contributed by atoms with E-state index in [0.29, 0.717) is 24.8 Å². The molecule has 7 heteroatoms. The predicted molar refractivity (Wildman–Crippen MR) is 107 cm³/mol. The quantitative estimate of drug-likeness (QED) is 0.760. The number of likely N-dealkylation sites (tertiary alicyclic amines) is 1. The fraction of sp³-hybridized carbons (Fsp3) is 0.591. The first-order chi connectivity index (χ1) is 13.9. The second kappa shape index (κ2) is 8.38. The van der Waals surface area contributed by atoms with Crippen molar-refractivity contribution in [1.82, 2.24) is 9.80 Å². The lowest BCUT2D eigenvalue weighted by molar-refractivity contribution is -0.137. The summed E-state index contributed by atoms with van der Waals surface area (Å²) in [5.41, 5.74) is 1.01. The number of alkyl halides is 3. The van der Waals surface area contributed by atoms with Crippen LogP contribution in [-0.2, 0) is 11.0 Å². The number of carbonyl (C=O) groups is 1. The van der Waals surface area contributed by atoms with Gasteiger partial charge in [-0.05, 0) is 50.3 Å².